The number of benzene rings is 2. The summed E-state index contributed by atoms with van der Waals surface area (Å²) in [5, 5.41) is 13.6. The SMILES string of the molecule is O=C(NCc1cccc(OCCN2CCOCC2)c1)c1ccc([N+](=O)[O-])cc1Cl. The van der Waals surface area contributed by atoms with Gasteiger partial charge < -0.3 is 14.8 Å². The minimum absolute atomic E-state index is 0.0388. The van der Waals surface area contributed by atoms with Gasteiger partial charge in [-0.05, 0) is 23.8 Å². The van der Waals surface area contributed by atoms with Crippen molar-refractivity contribution in [3.8, 4) is 5.75 Å². The van der Waals surface area contributed by atoms with Crippen LogP contribution in [0.1, 0.15) is 15.9 Å². The number of rotatable bonds is 8. The molecule has 0 bridgehead atoms. The van der Waals surface area contributed by atoms with Crippen LogP contribution >= 0.6 is 11.6 Å². The third kappa shape index (κ3) is 6.15. The van der Waals surface area contributed by atoms with Crippen LogP contribution in [0.3, 0.4) is 0 Å². The van der Waals surface area contributed by atoms with Crippen LogP contribution in [0.5, 0.6) is 5.75 Å². The first-order valence-corrected chi connectivity index (χ1v) is 9.65. The standard InChI is InChI=1S/C20H22ClN3O5/c21-19-13-16(24(26)27)4-5-18(19)20(25)22-14-15-2-1-3-17(12-15)29-11-8-23-6-9-28-10-7-23/h1-5,12-13H,6-11,14H2,(H,22,25). The maximum Gasteiger partial charge on any atom is 0.270 e. The number of non-ortho nitro benzene ring substituents is 1. The molecule has 1 amide bonds. The minimum atomic E-state index is -0.557. The molecule has 0 unspecified atom stereocenters. The first-order valence-electron chi connectivity index (χ1n) is 9.27. The van der Waals surface area contributed by atoms with Crippen LogP contribution in [0.2, 0.25) is 5.02 Å². The average Bonchev–Trinajstić information content (AvgIpc) is 2.73. The molecular weight excluding hydrogens is 398 g/mol. The number of nitrogens with one attached hydrogen (secondary N) is 1. The third-order valence-corrected chi connectivity index (χ3v) is 4.85. The van der Waals surface area contributed by atoms with Crippen molar-refractivity contribution in [2.75, 3.05) is 39.5 Å². The van der Waals surface area contributed by atoms with Gasteiger partial charge in [0.2, 0.25) is 0 Å². The zero-order valence-corrected chi connectivity index (χ0v) is 16.6. The number of ether oxygens (including phenoxy) is 2. The van der Waals surface area contributed by atoms with Crippen LogP contribution in [0.4, 0.5) is 5.69 Å². The second-order valence-corrected chi connectivity index (χ2v) is 6.96. The number of halogens is 1. The van der Waals surface area contributed by atoms with Crippen molar-refractivity contribution >= 4 is 23.2 Å². The van der Waals surface area contributed by atoms with Gasteiger partial charge in [0.25, 0.3) is 11.6 Å². The first kappa shape index (κ1) is 21.0. The molecule has 0 spiro atoms. The Morgan fingerprint density at radius 3 is 2.76 bits per heavy atom. The van der Waals surface area contributed by atoms with Crippen molar-refractivity contribution in [1.82, 2.24) is 10.2 Å². The maximum atomic E-state index is 12.3. The lowest BCUT2D eigenvalue weighted by Gasteiger charge is -2.26. The lowest BCUT2D eigenvalue weighted by Crippen LogP contribution is -2.38. The quantitative estimate of drug-likeness (QED) is 0.522. The molecule has 1 N–H and O–H groups in total. The summed E-state index contributed by atoms with van der Waals surface area (Å²) >= 11 is 6.00. The van der Waals surface area contributed by atoms with E-state index in [1.165, 1.54) is 18.2 Å². The fourth-order valence-corrected chi connectivity index (χ4v) is 3.20. The second-order valence-electron chi connectivity index (χ2n) is 6.55. The summed E-state index contributed by atoms with van der Waals surface area (Å²) in [6, 6.07) is 11.3. The normalized spacial score (nSPS) is 14.4. The van der Waals surface area contributed by atoms with E-state index in [0.717, 1.165) is 44.2 Å². The molecule has 0 radical (unpaired) electrons. The maximum absolute atomic E-state index is 12.3. The van der Waals surface area contributed by atoms with E-state index in [1.807, 2.05) is 24.3 Å². The predicted octanol–water partition coefficient (Wildman–Crippen LogP) is 2.89. The molecule has 29 heavy (non-hydrogen) atoms. The Morgan fingerprint density at radius 2 is 2.03 bits per heavy atom. The van der Waals surface area contributed by atoms with Gasteiger partial charge in [-0.2, -0.15) is 0 Å². The Balaban J connectivity index is 1.50. The third-order valence-electron chi connectivity index (χ3n) is 4.54. The van der Waals surface area contributed by atoms with Crippen molar-refractivity contribution < 1.29 is 19.2 Å². The Labute approximate surface area is 173 Å². The van der Waals surface area contributed by atoms with Gasteiger partial charge in [-0.3, -0.25) is 19.8 Å². The molecule has 1 fully saturated rings. The van der Waals surface area contributed by atoms with E-state index in [2.05, 4.69) is 10.2 Å². The number of hydrogen-bond donors (Lipinski definition) is 1. The van der Waals surface area contributed by atoms with E-state index < -0.39 is 10.8 Å². The Bertz CT molecular complexity index is 871. The van der Waals surface area contributed by atoms with Crippen molar-refractivity contribution in [1.29, 1.82) is 0 Å². The highest BCUT2D eigenvalue weighted by Gasteiger charge is 2.15. The zero-order valence-electron chi connectivity index (χ0n) is 15.8. The van der Waals surface area contributed by atoms with Crippen LogP contribution in [0, 0.1) is 10.1 Å². The van der Waals surface area contributed by atoms with Crippen LogP contribution < -0.4 is 10.1 Å². The molecule has 0 aromatic heterocycles. The second kappa shape index (κ2) is 10.2. The summed E-state index contributed by atoms with van der Waals surface area (Å²) in [4.78, 5) is 24.8. The summed E-state index contributed by atoms with van der Waals surface area (Å²) in [6.45, 7) is 5.05. The first-order chi connectivity index (χ1) is 14.0. The molecular formula is C20H22ClN3O5. The summed E-state index contributed by atoms with van der Waals surface area (Å²) < 4.78 is 11.1. The largest absolute Gasteiger partial charge is 0.492 e. The molecule has 2 aromatic carbocycles. The van der Waals surface area contributed by atoms with Crippen molar-refractivity contribution in [3.63, 3.8) is 0 Å². The molecule has 0 atom stereocenters. The number of nitro benzene ring substituents is 1. The van der Waals surface area contributed by atoms with Gasteiger partial charge in [-0.1, -0.05) is 23.7 Å². The number of amides is 1. The number of nitro groups is 1. The molecule has 0 saturated carbocycles. The molecule has 1 aliphatic heterocycles. The fourth-order valence-electron chi connectivity index (χ4n) is 2.94. The van der Waals surface area contributed by atoms with E-state index in [9.17, 15) is 14.9 Å². The minimum Gasteiger partial charge on any atom is -0.492 e. The number of nitrogens with zero attached hydrogens (tertiary/aromatic N) is 2. The molecule has 9 heteroatoms. The van der Waals surface area contributed by atoms with Crippen molar-refractivity contribution in [3.05, 3.63) is 68.7 Å². The summed E-state index contributed by atoms with van der Waals surface area (Å²) in [5.74, 6) is 0.335. The summed E-state index contributed by atoms with van der Waals surface area (Å²) in [6.07, 6.45) is 0. The van der Waals surface area contributed by atoms with Crippen molar-refractivity contribution in [2.45, 2.75) is 6.54 Å². The van der Waals surface area contributed by atoms with Gasteiger partial charge in [-0.25, -0.2) is 0 Å². The highest BCUT2D eigenvalue weighted by atomic mass is 35.5. The highest BCUT2D eigenvalue weighted by molar-refractivity contribution is 6.34. The van der Waals surface area contributed by atoms with Crippen LogP contribution in [0.25, 0.3) is 0 Å². The fraction of sp³-hybridized carbons (Fsp3) is 0.350. The Hall–Kier alpha value is -2.68. The molecule has 154 valence electrons. The number of hydrogen-bond acceptors (Lipinski definition) is 6. The van der Waals surface area contributed by atoms with E-state index in [-0.39, 0.29) is 22.8 Å². The zero-order chi connectivity index (χ0) is 20.6. The van der Waals surface area contributed by atoms with E-state index >= 15 is 0 Å². The van der Waals surface area contributed by atoms with Crippen LogP contribution in [0.15, 0.2) is 42.5 Å². The topological polar surface area (TPSA) is 93.9 Å². The average molecular weight is 420 g/mol. The number of carbonyl (C=O) groups excluding carboxylic acids is 1. The monoisotopic (exact) mass is 419 g/mol. The molecule has 3 rings (SSSR count). The van der Waals surface area contributed by atoms with Crippen LogP contribution in [-0.4, -0.2) is 55.2 Å². The number of morpholine rings is 1. The van der Waals surface area contributed by atoms with Gasteiger partial charge in [0, 0.05) is 38.3 Å². The van der Waals surface area contributed by atoms with Crippen molar-refractivity contribution in [2.24, 2.45) is 0 Å². The van der Waals surface area contributed by atoms with Crippen LogP contribution in [-0.2, 0) is 11.3 Å². The van der Waals surface area contributed by atoms with Gasteiger partial charge >= 0.3 is 0 Å². The Morgan fingerprint density at radius 1 is 1.24 bits per heavy atom. The molecule has 1 saturated heterocycles. The van der Waals surface area contributed by atoms with E-state index in [0.29, 0.717) is 6.61 Å². The lowest BCUT2D eigenvalue weighted by molar-refractivity contribution is -0.384. The Kier molecular flexibility index (Phi) is 7.40. The smallest absolute Gasteiger partial charge is 0.270 e. The highest BCUT2D eigenvalue weighted by Crippen LogP contribution is 2.22. The summed E-state index contributed by atoms with van der Waals surface area (Å²) in [7, 11) is 0. The van der Waals surface area contributed by atoms with Gasteiger partial charge in [0.05, 0.1) is 28.7 Å². The van der Waals surface area contributed by atoms with Gasteiger partial charge in [0.1, 0.15) is 12.4 Å². The molecule has 8 nitrogen and oxygen atoms in total. The predicted molar refractivity (Wildman–Crippen MR) is 108 cm³/mol. The molecule has 2 aromatic rings. The van der Waals surface area contributed by atoms with Gasteiger partial charge in [-0.15, -0.1) is 0 Å². The molecule has 0 aliphatic carbocycles. The van der Waals surface area contributed by atoms with Gasteiger partial charge in [0.15, 0.2) is 0 Å². The van der Waals surface area contributed by atoms with E-state index in [1.54, 1.807) is 0 Å². The van der Waals surface area contributed by atoms with E-state index in [4.69, 9.17) is 21.1 Å². The number of carbonyl (C=O) groups is 1. The molecule has 1 aliphatic rings. The molecule has 1 heterocycles. The lowest BCUT2D eigenvalue weighted by atomic mass is 10.1. The summed E-state index contributed by atoms with van der Waals surface area (Å²) in [5.41, 5.74) is 0.906.